The van der Waals surface area contributed by atoms with Gasteiger partial charge in [0.05, 0.1) is 0 Å². The van der Waals surface area contributed by atoms with Crippen LogP contribution >= 0.6 is 0 Å². The summed E-state index contributed by atoms with van der Waals surface area (Å²) < 4.78 is 31.8. The van der Waals surface area contributed by atoms with E-state index in [0.717, 1.165) is 26.2 Å². The van der Waals surface area contributed by atoms with E-state index < -0.39 is 10.0 Å². The third kappa shape index (κ3) is 3.53. The van der Waals surface area contributed by atoms with E-state index in [0.29, 0.717) is 24.5 Å². The maximum Gasteiger partial charge on any atom is 0.246 e. The molecule has 108 valence electrons. The summed E-state index contributed by atoms with van der Waals surface area (Å²) in [4.78, 5) is 2.39. The van der Waals surface area contributed by atoms with Gasteiger partial charge >= 0.3 is 0 Å². The van der Waals surface area contributed by atoms with E-state index in [1.165, 1.54) is 0 Å². The fraction of sp³-hybridized carbons (Fsp3) is 0.727. The Hall–Kier alpha value is -0.960. The van der Waals surface area contributed by atoms with Crippen molar-refractivity contribution in [1.29, 1.82) is 0 Å². The maximum atomic E-state index is 12.1. The monoisotopic (exact) mass is 288 g/mol. The largest absolute Gasteiger partial charge is 0.360 e. The van der Waals surface area contributed by atoms with E-state index in [1.54, 1.807) is 13.8 Å². The number of nitrogens with zero attached hydrogens (tertiary/aromatic N) is 2. The Morgan fingerprint density at radius 1 is 1.37 bits per heavy atom. The molecule has 1 aromatic rings. The summed E-state index contributed by atoms with van der Waals surface area (Å²) in [6, 6.07) is 0. The molecule has 7 nitrogen and oxygen atoms in total. The van der Waals surface area contributed by atoms with Crippen LogP contribution in [0.3, 0.4) is 0 Å². The number of piperazine rings is 1. The second kappa shape index (κ2) is 6.00. The zero-order valence-corrected chi connectivity index (χ0v) is 12.1. The van der Waals surface area contributed by atoms with Crippen LogP contribution in [0.2, 0.25) is 0 Å². The third-order valence-corrected chi connectivity index (χ3v) is 4.87. The lowest BCUT2D eigenvalue weighted by atomic mass is 10.3. The molecule has 0 radical (unpaired) electrons. The highest BCUT2D eigenvalue weighted by molar-refractivity contribution is 7.89. The summed E-state index contributed by atoms with van der Waals surface area (Å²) >= 11 is 0. The Kier molecular flexibility index (Phi) is 4.56. The molecule has 0 bridgehead atoms. The normalized spacial score (nSPS) is 17.8. The van der Waals surface area contributed by atoms with Crippen molar-refractivity contribution in [3.63, 3.8) is 0 Å². The van der Waals surface area contributed by atoms with Gasteiger partial charge in [0.2, 0.25) is 10.0 Å². The second-order valence-corrected chi connectivity index (χ2v) is 6.35. The van der Waals surface area contributed by atoms with E-state index in [-0.39, 0.29) is 4.90 Å². The third-order valence-electron chi connectivity index (χ3n) is 3.17. The number of rotatable bonds is 5. The molecule has 0 aliphatic carbocycles. The molecule has 1 aliphatic heterocycles. The standard InChI is InChI=1S/C11H20N4O3S/c1-9-11(10(2)18-14-9)19(16,17)13-5-8-15-6-3-12-4-7-15/h12-13H,3-8H2,1-2H3. The number of hydrogen-bond acceptors (Lipinski definition) is 6. The van der Waals surface area contributed by atoms with Crippen molar-refractivity contribution in [2.24, 2.45) is 0 Å². The summed E-state index contributed by atoms with van der Waals surface area (Å²) in [6.07, 6.45) is 0. The molecule has 1 aliphatic rings. The highest BCUT2D eigenvalue weighted by Gasteiger charge is 2.23. The molecule has 2 rings (SSSR count). The molecule has 0 spiro atoms. The first-order valence-corrected chi connectivity index (χ1v) is 7.84. The molecule has 1 aromatic heterocycles. The van der Waals surface area contributed by atoms with Crippen molar-refractivity contribution in [2.75, 3.05) is 39.3 Å². The SMILES string of the molecule is Cc1noc(C)c1S(=O)(=O)NCCN1CCNCC1. The second-order valence-electron chi connectivity index (χ2n) is 4.64. The van der Waals surface area contributed by atoms with Gasteiger partial charge in [0.25, 0.3) is 0 Å². The Bertz CT molecular complexity index is 501. The molecule has 0 saturated carbocycles. The van der Waals surface area contributed by atoms with Crippen LogP contribution in [0.1, 0.15) is 11.5 Å². The van der Waals surface area contributed by atoms with Gasteiger partial charge in [0.1, 0.15) is 10.6 Å². The number of aromatic nitrogens is 1. The lowest BCUT2D eigenvalue weighted by molar-refractivity contribution is 0.245. The minimum atomic E-state index is -3.53. The van der Waals surface area contributed by atoms with Crippen molar-refractivity contribution in [2.45, 2.75) is 18.7 Å². The summed E-state index contributed by atoms with van der Waals surface area (Å²) in [7, 11) is -3.53. The summed E-state index contributed by atoms with van der Waals surface area (Å²) in [5.41, 5.74) is 0.396. The van der Waals surface area contributed by atoms with Gasteiger partial charge in [0.15, 0.2) is 5.76 Å². The number of hydrogen-bond donors (Lipinski definition) is 2. The molecule has 0 atom stereocenters. The van der Waals surface area contributed by atoms with Crippen molar-refractivity contribution < 1.29 is 12.9 Å². The zero-order chi connectivity index (χ0) is 13.9. The van der Waals surface area contributed by atoms with Crippen LogP contribution in [0.5, 0.6) is 0 Å². The van der Waals surface area contributed by atoms with E-state index in [9.17, 15) is 8.42 Å². The Balaban J connectivity index is 1.91. The molecular weight excluding hydrogens is 268 g/mol. The van der Waals surface area contributed by atoms with Gasteiger partial charge < -0.3 is 9.84 Å². The van der Waals surface area contributed by atoms with Crippen LogP contribution in [0.4, 0.5) is 0 Å². The van der Waals surface area contributed by atoms with Crippen LogP contribution in [0.25, 0.3) is 0 Å². The zero-order valence-electron chi connectivity index (χ0n) is 11.3. The minimum Gasteiger partial charge on any atom is -0.360 e. The number of nitrogens with one attached hydrogen (secondary N) is 2. The fourth-order valence-corrected chi connectivity index (χ4v) is 3.55. The van der Waals surface area contributed by atoms with Crippen molar-refractivity contribution >= 4 is 10.0 Å². The summed E-state index contributed by atoms with van der Waals surface area (Å²) in [5.74, 6) is 0.326. The first-order chi connectivity index (χ1) is 9.00. The van der Waals surface area contributed by atoms with E-state index >= 15 is 0 Å². The summed E-state index contributed by atoms with van der Waals surface area (Å²) in [5, 5.41) is 6.93. The minimum absolute atomic E-state index is 0.160. The van der Waals surface area contributed by atoms with E-state index in [4.69, 9.17) is 4.52 Å². The lowest BCUT2D eigenvalue weighted by Crippen LogP contribution is -2.46. The molecule has 0 unspecified atom stereocenters. The highest BCUT2D eigenvalue weighted by Crippen LogP contribution is 2.18. The van der Waals surface area contributed by atoms with Crippen molar-refractivity contribution in [3.05, 3.63) is 11.5 Å². The molecule has 0 aromatic carbocycles. The van der Waals surface area contributed by atoms with Gasteiger partial charge in [0, 0.05) is 39.3 Å². The van der Waals surface area contributed by atoms with Gasteiger partial charge in [-0.05, 0) is 13.8 Å². The molecule has 19 heavy (non-hydrogen) atoms. The van der Waals surface area contributed by atoms with Gasteiger partial charge in [-0.15, -0.1) is 0 Å². The molecule has 8 heteroatoms. The average molecular weight is 288 g/mol. The molecule has 1 fully saturated rings. The Morgan fingerprint density at radius 2 is 2.05 bits per heavy atom. The van der Waals surface area contributed by atoms with Crippen molar-refractivity contribution in [3.8, 4) is 0 Å². The smallest absolute Gasteiger partial charge is 0.246 e. The topological polar surface area (TPSA) is 87.5 Å². The first kappa shape index (κ1) is 14.4. The maximum absolute atomic E-state index is 12.1. The molecule has 2 N–H and O–H groups in total. The van der Waals surface area contributed by atoms with E-state index in [1.807, 2.05) is 0 Å². The molecule has 1 saturated heterocycles. The number of aryl methyl sites for hydroxylation is 2. The van der Waals surface area contributed by atoms with Crippen LogP contribution in [0.15, 0.2) is 9.42 Å². The van der Waals surface area contributed by atoms with Crippen LogP contribution in [-0.2, 0) is 10.0 Å². The van der Waals surface area contributed by atoms with Gasteiger partial charge in [-0.3, -0.25) is 4.90 Å². The molecule has 0 amide bonds. The Labute approximate surface area is 113 Å². The van der Waals surface area contributed by atoms with Gasteiger partial charge in [-0.1, -0.05) is 5.16 Å². The Morgan fingerprint density at radius 3 is 2.63 bits per heavy atom. The average Bonchev–Trinajstić information content (AvgIpc) is 2.70. The molecular formula is C11H20N4O3S. The lowest BCUT2D eigenvalue weighted by Gasteiger charge is -2.27. The summed E-state index contributed by atoms with van der Waals surface area (Å²) in [6.45, 7) is 8.15. The highest BCUT2D eigenvalue weighted by atomic mass is 32.2. The van der Waals surface area contributed by atoms with Crippen molar-refractivity contribution in [1.82, 2.24) is 20.1 Å². The predicted octanol–water partition coefficient (Wildman–Crippen LogP) is -0.525. The van der Waals surface area contributed by atoms with Gasteiger partial charge in [-0.25, -0.2) is 13.1 Å². The van der Waals surface area contributed by atoms with Crippen LogP contribution in [-0.4, -0.2) is 57.7 Å². The predicted molar refractivity (Wildman–Crippen MR) is 70.5 cm³/mol. The fourth-order valence-electron chi connectivity index (χ4n) is 2.20. The van der Waals surface area contributed by atoms with E-state index in [2.05, 4.69) is 20.1 Å². The molecule has 2 heterocycles. The van der Waals surface area contributed by atoms with Crippen LogP contribution in [0, 0.1) is 13.8 Å². The van der Waals surface area contributed by atoms with Gasteiger partial charge in [-0.2, -0.15) is 0 Å². The quantitative estimate of drug-likeness (QED) is 0.758. The first-order valence-electron chi connectivity index (χ1n) is 6.36. The van der Waals surface area contributed by atoms with Crippen LogP contribution < -0.4 is 10.0 Å². The number of sulfonamides is 1.